The summed E-state index contributed by atoms with van der Waals surface area (Å²) in [4.78, 5) is 24.0. The van der Waals surface area contributed by atoms with Crippen molar-refractivity contribution in [1.82, 2.24) is 0 Å². The minimum atomic E-state index is -2.22. The zero-order valence-corrected chi connectivity index (χ0v) is 16.8. The van der Waals surface area contributed by atoms with Gasteiger partial charge in [-0.25, -0.2) is 4.79 Å². The first-order valence-electron chi connectivity index (χ1n) is 8.31. The molecule has 0 aliphatic heterocycles. The van der Waals surface area contributed by atoms with E-state index in [1.807, 2.05) is 37.3 Å². The number of methoxy groups -OCH3 is 1. The first kappa shape index (κ1) is 20.6. The van der Waals surface area contributed by atoms with Crippen molar-refractivity contribution < 1.29 is 18.8 Å². The summed E-state index contributed by atoms with van der Waals surface area (Å²) in [5.41, 5.74) is 0.909. The lowest BCUT2D eigenvalue weighted by molar-refractivity contribution is -0.151. The summed E-state index contributed by atoms with van der Waals surface area (Å²) in [5.74, 6) is -1.16. The smallest absolute Gasteiger partial charge is 0.334 e. The fourth-order valence-electron chi connectivity index (χ4n) is 2.39. The van der Waals surface area contributed by atoms with E-state index in [0.29, 0.717) is 0 Å². The van der Waals surface area contributed by atoms with Crippen LogP contribution in [0, 0.1) is 5.92 Å². The summed E-state index contributed by atoms with van der Waals surface area (Å²) in [5, 5.41) is -0.0507. The Labute approximate surface area is 146 Å². The van der Waals surface area contributed by atoms with Gasteiger partial charge in [0.1, 0.15) is 6.29 Å². The van der Waals surface area contributed by atoms with Gasteiger partial charge in [0.05, 0.1) is 7.11 Å². The molecule has 0 unspecified atom stereocenters. The van der Waals surface area contributed by atoms with E-state index < -0.39 is 20.4 Å². The number of esters is 1. The monoisotopic (exact) mass is 350 g/mol. The van der Waals surface area contributed by atoms with E-state index in [4.69, 9.17) is 9.16 Å². The fraction of sp³-hybridized carbons (Fsp3) is 0.579. The highest BCUT2D eigenvalue weighted by Gasteiger charge is 2.44. The maximum absolute atomic E-state index is 12.5. The number of carbonyl (C=O) groups excluding carboxylic acids is 2. The maximum atomic E-state index is 12.5. The van der Waals surface area contributed by atoms with Crippen LogP contribution in [-0.4, -0.2) is 33.8 Å². The molecule has 1 rings (SSSR count). The van der Waals surface area contributed by atoms with Crippen LogP contribution in [0.1, 0.15) is 39.2 Å². The molecule has 0 amide bonds. The SMILES string of the molecule is COC(=O)[C@@H](O[Si](C)(C)C(C)(C)C)[C@@H](c1ccccc1)[C@@H](C)C=O. The van der Waals surface area contributed by atoms with E-state index >= 15 is 0 Å². The molecule has 1 aromatic carbocycles. The third-order valence-corrected chi connectivity index (χ3v) is 9.41. The summed E-state index contributed by atoms with van der Waals surface area (Å²) in [7, 11) is -0.859. The molecule has 0 aliphatic rings. The Bertz CT molecular complexity index is 548. The quantitative estimate of drug-likeness (QED) is 0.421. The number of carbonyl (C=O) groups is 2. The number of benzene rings is 1. The van der Waals surface area contributed by atoms with Crippen molar-refractivity contribution in [3.63, 3.8) is 0 Å². The van der Waals surface area contributed by atoms with E-state index in [9.17, 15) is 9.59 Å². The van der Waals surface area contributed by atoms with Crippen LogP contribution in [0.15, 0.2) is 30.3 Å². The van der Waals surface area contributed by atoms with Crippen molar-refractivity contribution in [2.45, 2.75) is 57.8 Å². The zero-order valence-electron chi connectivity index (χ0n) is 15.8. The Kier molecular flexibility index (Phi) is 6.93. The second-order valence-corrected chi connectivity index (χ2v) is 12.5. The predicted octanol–water partition coefficient (Wildman–Crippen LogP) is 4.17. The average Bonchev–Trinajstić information content (AvgIpc) is 2.53. The van der Waals surface area contributed by atoms with Crippen LogP contribution in [0.25, 0.3) is 0 Å². The molecule has 0 N–H and O–H groups in total. The molecule has 0 spiro atoms. The third-order valence-electron chi connectivity index (χ3n) is 4.95. The van der Waals surface area contributed by atoms with E-state index in [1.54, 1.807) is 0 Å². The maximum Gasteiger partial charge on any atom is 0.334 e. The molecule has 0 heterocycles. The molecule has 0 aliphatic carbocycles. The lowest BCUT2D eigenvalue weighted by atomic mass is 9.83. The zero-order chi connectivity index (χ0) is 18.5. The van der Waals surface area contributed by atoms with Crippen LogP contribution in [0.3, 0.4) is 0 Å². The average molecular weight is 351 g/mol. The topological polar surface area (TPSA) is 52.6 Å². The Morgan fingerprint density at radius 3 is 2.12 bits per heavy atom. The normalized spacial score (nSPS) is 16.1. The molecule has 0 aromatic heterocycles. The van der Waals surface area contributed by atoms with Crippen molar-refractivity contribution in [3.05, 3.63) is 35.9 Å². The summed E-state index contributed by atoms with van der Waals surface area (Å²) in [6.07, 6.45) is 0.0845. The first-order chi connectivity index (χ1) is 11.0. The highest BCUT2D eigenvalue weighted by Crippen LogP contribution is 2.40. The largest absolute Gasteiger partial charge is 0.467 e. The van der Waals surface area contributed by atoms with Crippen LogP contribution in [0.2, 0.25) is 18.1 Å². The van der Waals surface area contributed by atoms with Crippen LogP contribution >= 0.6 is 0 Å². The van der Waals surface area contributed by atoms with Gasteiger partial charge in [0.15, 0.2) is 14.4 Å². The standard InChI is InChI=1S/C19H30O4Si/c1-14(13-20)16(15-11-9-8-10-12-15)17(18(21)22-5)23-24(6,7)19(2,3)4/h8-14,16-17H,1-7H3/t14-,16+,17-/m0/s1. The summed E-state index contributed by atoms with van der Waals surface area (Å²) in [6, 6.07) is 9.57. The van der Waals surface area contributed by atoms with Crippen molar-refractivity contribution in [3.8, 4) is 0 Å². The Balaban J connectivity index is 3.34. The lowest BCUT2D eigenvalue weighted by Gasteiger charge is -2.41. The molecule has 1 aromatic rings. The van der Waals surface area contributed by atoms with Gasteiger partial charge >= 0.3 is 5.97 Å². The molecule has 0 radical (unpaired) electrons. The van der Waals surface area contributed by atoms with Gasteiger partial charge in [0, 0.05) is 11.8 Å². The van der Waals surface area contributed by atoms with E-state index in [0.717, 1.165) is 11.8 Å². The van der Waals surface area contributed by atoms with Crippen LogP contribution in [0.4, 0.5) is 0 Å². The predicted molar refractivity (Wildman–Crippen MR) is 98.5 cm³/mol. The second kappa shape index (κ2) is 8.08. The molecule has 0 saturated carbocycles. The molecular formula is C19H30O4Si. The van der Waals surface area contributed by atoms with Crippen molar-refractivity contribution in [2.75, 3.05) is 7.11 Å². The van der Waals surface area contributed by atoms with E-state index in [2.05, 4.69) is 33.9 Å². The van der Waals surface area contributed by atoms with Crippen molar-refractivity contribution in [1.29, 1.82) is 0 Å². The van der Waals surface area contributed by atoms with Gasteiger partial charge in [-0.2, -0.15) is 0 Å². The fourth-order valence-corrected chi connectivity index (χ4v) is 3.62. The molecule has 4 nitrogen and oxygen atoms in total. The molecule has 0 bridgehead atoms. The van der Waals surface area contributed by atoms with Gasteiger partial charge in [-0.1, -0.05) is 58.0 Å². The van der Waals surface area contributed by atoms with E-state index in [1.165, 1.54) is 7.11 Å². The van der Waals surface area contributed by atoms with Crippen LogP contribution in [0.5, 0.6) is 0 Å². The number of rotatable bonds is 7. The van der Waals surface area contributed by atoms with Gasteiger partial charge < -0.3 is 14.0 Å². The molecule has 0 fully saturated rings. The van der Waals surface area contributed by atoms with Crippen LogP contribution in [-0.2, 0) is 18.8 Å². The van der Waals surface area contributed by atoms with Crippen LogP contribution < -0.4 is 0 Å². The third kappa shape index (κ3) is 4.77. The minimum Gasteiger partial charge on any atom is -0.467 e. The number of hydrogen-bond acceptors (Lipinski definition) is 4. The number of hydrogen-bond donors (Lipinski definition) is 0. The summed E-state index contributed by atoms with van der Waals surface area (Å²) >= 11 is 0. The van der Waals surface area contributed by atoms with Gasteiger partial charge in [-0.05, 0) is 23.7 Å². The number of aldehydes is 1. The highest BCUT2D eigenvalue weighted by molar-refractivity contribution is 6.74. The molecule has 3 atom stereocenters. The van der Waals surface area contributed by atoms with Gasteiger partial charge in [-0.3, -0.25) is 0 Å². The number of ether oxygens (including phenoxy) is 1. The minimum absolute atomic E-state index is 0.0507. The Morgan fingerprint density at radius 1 is 1.17 bits per heavy atom. The molecule has 24 heavy (non-hydrogen) atoms. The Morgan fingerprint density at radius 2 is 1.71 bits per heavy atom. The van der Waals surface area contributed by atoms with Gasteiger partial charge in [0.2, 0.25) is 0 Å². The molecule has 5 heteroatoms. The van der Waals surface area contributed by atoms with Crippen molar-refractivity contribution >= 4 is 20.6 Å². The summed E-state index contributed by atoms with van der Waals surface area (Å²) in [6.45, 7) is 12.4. The van der Waals surface area contributed by atoms with Gasteiger partial charge in [0.25, 0.3) is 0 Å². The van der Waals surface area contributed by atoms with Crippen molar-refractivity contribution in [2.24, 2.45) is 5.92 Å². The first-order valence-corrected chi connectivity index (χ1v) is 11.2. The van der Waals surface area contributed by atoms with Gasteiger partial charge in [-0.15, -0.1) is 0 Å². The highest BCUT2D eigenvalue weighted by atomic mass is 28.4. The lowest BCUT2D eigenvalue weighted by Crippen LogP contribution is -2.49. The molecule has 0 saturated heterocycles. The summed E-state index contributed by atoms with van der Waals surface area (Å²) < 4.78 is 11.4. The second-order valence-electron chi connectivity index (χ2n) is 7.75. The Hall–Kier alpha value is -1.46. The molecule has 134 valence electrons. The van der Waals surface area contributed by atoms with E-state index in [-0.39, 0.29) is 16.9 Å². The molecular weight excluding hydrogens is 320 g/mol.